The number of hydrogen-bond donors (Lipinski definition) is 0. The SMILES string of the molecule is CCCOc1ccc(C=C2C(=O)CC(C)(C)CC2=O)cc1. The van der Waals surface area contributed by atoms with Gasteiger partial charge in [-0.2, -0.15) is 0 Å². The molecule has 1 aromatic rings. The molecule has 1 aliphatic rings. The molecule has 3 nitrogen and oxygen atoms in total. The van der Waals surface area contributed by atoms with Gasteiger partial charge in [0.2, 0.25) is 0 Å². The largest absolute Gasteiger partial charge is 0.494 e. The highest BCUT2D eigenvalue weighted by Crippen LogP contribution is 2.34. The van der Waals surface area contributed by atoms with Crippen LogP contribution in [0.25, 0.3) is 6.08 Å². The molecule has 0 atom stereocenters. The van der Waals surface area contributed by atoms with Crippen molar-refractivity contribution in [2.45, 2.75) is 40.0 Å². The lowest BCUT2D eigenvalue weighted by Gasteiger charge is -2.28. The van der Waals surface area contributed by atoms with E-state index in [1.54, 1.807) is 6.08 Å². The molecule has 21 heavy (non-hydrogen) atoms. The minimum absolute atomic E-state index is 0.0532. The first kappa shape index (κ1) is 15.5. The van der Waals surface area contributed by atoms with Gasteiger partial charge in [-0.25, -0.2) is 0 Å². The normalized spacial score (nSPS) is 17.8. The number of rotatable bonds is 4. The summed E-state index contributed by atoms with van der Waals surface area (Å²) in [5.74, 6) is 0.701. The van der Waals surface area contributed by atoms with Gasteiger partial charge in [-0.3, -0.25) is 9.59 Å². The van der Waals surface area contributed by atoms with E-state index in [9.17, 15) is 9.59 Å². The first-order valence-corrected chi connectivity index (χ1v) is 7.42. The third-order valence-electron chi connectivity index (χ3n) is 3.54. The smallest absolute Gasteiger partial charge is 0.167 e. The van der Waals surface area contributed by atoms with Gasteiger partial charge in [0.15, 0.2) is 11.6 Å². The summed E-state index contributed by atoms with van der Waals surface area (Å²) >= 11 is 0. The van der Waals surface area contributed by atoms with E-state index in [-0.39, 0.29) is 17.0 Å². The first-order valence-electron chi connectivity index (χ1n) is 7.42. The van der Waals surface area contributed by atoms with Gasteiger partial charge in [0.05, 0.1) is 12.2 Å². The maximum absolute atomic E-state index is 12.1. The van der Waals surface area contributed by atoms with E-state index in [0.29, 0.717) is 25.0 Å². The predicted octanol–water partition coefficient (Wildman–Crippen LogP) is 3.82. The zero-order valence-corrected chi connectivity index (χ0v) is 12.9. The van der Waals surface area contributed by atoms with Crippen LogP contribution in [0, 0.1) is 5.41 Å². The lowest BCUT2D eigenvalue weighted by Crippen LogP contribution is -2.31. The van der Waals surface area contributed by atoms with Gasteiger partial charge in [0, 0.05) is 12.8 Å². The molecular formula is C18H22O3. The molecule has 3 heteroatoms. The molecule has 0 radical (unpaired) electrons. The van der Waals surface area contributed by atoms with Crippen molar-refractivity contribution >= 4 is 17.6 Å². The number of Topliss-reactive ketones (excluding diaryl/α,β-unsaturated/α-hetero) is 2. The number of hydrogen-bond acceptors (Lipinski definition) is 3. The summed E-state index contributed by atoms with van der Waals surface area (Å²) in [5.41, 5.74) is 0.968. The lowest BCUT2D eigenvalue weighted by atomic mass is 9.74. The lowest BCUT2D eigenvalue weighted by molar-refractivity contribution is -0.127. The van der Waals surface area contributed by atoms with Crippen LogP contribution in [-0.2, 0) is 9.59 Å². The highest BCUT2D eigenvalue weighted by molar-refractivity contribution is 6.25. The second kappa shape index (κ2) is 6.25. The molecule has 1 saturated carbocycles. The maximum atomic E-state index is 12.1. The number of ether oxygens (including phenoxy) is 1. The highest BCUT2D eigenvalue weighted by atomic mass is 16.5. The van der Waals surface area contributed by atoms with Crippen LogP contribution >= 0.6 is 0 Å². The minimum atomic E-state index is -0.219. The average molecular weight is 286 g/mol. The molecule has 0 amide bonds. The van der Waals surface area contributed by atoms with Crippen molar-refractivity contribution in [2.24, 2.45) is 5.41 Å². The third kappa shape index (κ3) is 4.03. The number of ketones is 2. The van der Waals surface area contributed by atoms with Crippen LogP contribution in [0.4, 0.5) is 0 Å². The molecule has 1 fully saturated rings. The van der Waals surface area contributed by atoms with Gasteiger partial charge in [-0.1, -0.05) is 32.9 Å². The zero-order chi connectivity index (χ0) is 15.5. The summed E-state index contributed by atoms with van der Waals surface area (Å²) in [6, 6.07) is 7.48. The molecule has 0 bridgehead atoms. The first-order chi connectivity index (χ1) is 9.91. The third-order valence-corrected chi connectivity index (χ3v) is 3.54. The van der Waals surface area contributed by atoms with E-state index in [1.165, 1.54) is 0 Å². The Morgan fingerprint density at radius 3 is 2.19 bits per heavy atom. The summed E-state index contributed by atoms with van der Waals surface area (Å²) in [5, 5.41) is 0. The molecule has 2 rings (SSSR count). The molecule has 0 spiro atoms. The van der Waals surface area contributed by atoms with Crippen LogP contribution in [-0.4, -0.2) is 18.2 Å². The average Bonchev–Trinajstić information content (AvgIpc) is 2.41. The van der Waals surface area contributed by atoms with Gasteiger partial charge >= 0.3 is 0 Å². The Labute approximate surface area is 126 Å². The minimum Gasteiger partial charge on any atom is -0.494 e. The Bertz CT molecular complexity index is 543. The van der Waals surface area contributed by atoms with Crippen LogP contribution in [0.1, 0.15) is 45.6 Å². The fraction of sp³-hybridized carbons (Fsp3) is 0.444. The number of carbonyl (C=O) groups excluding carboxylic acids is 2. The predicted molar refractivity (Wildman–Crippen MR) is 83.2 cm³/mol. The quantitative estimate of drug-likeness (QED) is 0.624. The van der Waals surface area contributed by atoms with E-state index in [1.807, 2.05) is 38.1 Å². The summed E-state index contributed by atoms with van der Waals surface area (Å²) in [6.07, 6.45) is 3.53. The van der Waals surface area contributed by atoms with Crippen LogP contribution in [0.15, 0.2) is 29.8 Å². The Morgan fingerprint density at radius 2 is 1.67 bits per heavy atom. The van der Waals surface area contributed by atoms with Gasteiger partial charge in [0.1, 0.15) is 5.75 Å². The van der Waals surface area contributed by atoms with Gasteiger partial charge in [-0.05, 0) is 35.6 Å². The number of allylic oxidation sites excluding steroid dienone is 1. The molecule has 0 heterocycles. The molecule has 1 aliphatic carbocycles. The van der Waals surface area contributed by atoms with Crippen molar-refractivity contribution in [2.75, 3.05) is 6.61 Å². The Kier molecular flexibility index (Phi) is 4.61. The summed E-state index contributed by atoms with van der Waals surface area (Å²) in [7, 11) is 0. The molecule has 112 valence electrons. The Morgan fingerprint density at radius 1 is 1.10 bits per heavy atom. The molecule has 0 aliphatic heterocycles. The zero-order valence-electron chi connectivity index (χ0n) is 12.9. The van der Waals surface area contributed by atoms with Crippen molar-refractivity contribution in [3.63, 3.8) is 0 Å². The van der Waals surface area contributed by atoms with Crippen molar-refractivity contribution in [1.82, 2.24) is 0 Å². The van der Waals surface area contributed by atoms with E-state index in [4.69, 9.17) is 4.74 Å². The number of carbonyl (C=O) groups is 2. The van der Waals surface area contributed by atoms with Crippen molar-refractivity contribution < 1.29 is 14.3 Å². The fourth-order valence-electron chi connectivity index (χ4n) is 2.49. The molecule has 0 N–H and O–H groups in total. The van der Waals surface area contributed by atoms with Crippen molar-refractivity contribution in [1.29, 1.82) is 0 Å². The fourth-order valence-corrected chi connectivity index (χ4v) is 2.49. The highest BCUT2D eigenvalue weighted by Gasteiger charge is 2.35. The van der Waals surface area contributed by atoms with Crippen LogP contribution in [0.3, 0.4) is 0 Å². The number of benzene rings is 1. The second-order valence-corrected chi connectivity index (χ2v) is 6.34. The molecule has 0 saturated heterocycles. The van der Waals surface area contributed by atoms with E-state index < -0.39 is 0 Å². The summed E-state index contributed by atoms with van der Waals surface area (Å²) in [4.78, 5) is 24.2. The standard InChI is InChI=1S/C18H22O3/c1-4-9-21-14-7-5-13(6-8-14)10-15-16(19)11-18(2,3)12-17(15)20/h5-8,10H,4,9,11-12H2,1-3H3. The van der Waals surface area contributed by atoms with E-state index in [2.05, 4.69) is 6.92 Å². The molecule has 1 aromatic carbocycles. The van der Waals surface area contributed by atoms with Gasteiger partial charge in [0.25, 0.3) is 0 Å². The van der Waals surface area contributed by atoms with Crippen LogP contribution in [0.5, 0.6) is 5.75 Å². The second-order valence-electron chi connectivity index (χ2n) is 6.34. The monoisotopic (exact) mass is 286 g/mol. The van der Waals surface area contributed by atoms with Crippen molar-refractivity contribution in [3.05, 3.63) is 35.4 Å². The van der Waals surface area contributed by atoms with E-state index in [0.717, 1.165) is 17.7 Å². The Balaban J connectivity index is 2.15. The summed E-state index contributed by atoms with van der Waals surface area (Å²) in [6.45, 7) is 6.66. The van der Waals surface area contributed by atoms with Gasteiger partial charge < -0.3 is 4.74 Å². The maximum Gasteiger partial charge on any atom is 0.167 e. The Hall–Kier alpha value is -1.90. The molecule has 0 aromatic heterocycles. The van der Waals surface area contributed by atoms with Gasteiger partial charge in [-0.15, -0.1) is 0 Å². The summed E-state index contributed by atoms with van der Waals surface area (Å²) < 4.78 is 5.52. The topological polar surface area (TPSA) is 43.4 Å². The van der Waals surface area contributed by atoms with E-state index >= 15 is 0 Å². The van der Waals surface area contributed by atoms with Crippen LogP contribution < -0.4 is 4.74 Å². The van der Waals surface area contributed by atoms with Crippen LogP contribution in [0.2, 0.25) is 0 Å². The molecule has 0 unspecified atom stereocenters. The van der Waals surface area contributed by atoms with Crippen molar-refractivity contribution in [3.8, 4) is 5.75 Å². The molecular weight excluding hydrogens is 264 g/mol.